The average molecular weight is 217 g/mol. The van der Waals surface area contributed by atoms with Crippen LogP contribution in [-0.2, 0) is 0 Å². The lowest BCUT2D eigenvalue weighted by atomic mass is 9.92. The van der Waals surface area contributed by atoms with Crippen molar-refractivity contribution >= 4 is 5.78 Å². The SMILES string of the molecule is CCC(CC#N)C(=O)c1ccccc1OC. The van der Waals surface area contributed by atoms with E-state index in [2.05, 4.69) is 0 Å². The van der Waals surface area contributed by atoms with Gasteiger partial charge in [0.2, 0.25) is 0 Å². The number of methoxy groups -OCH3 is 1. The van der Waals surface area contributed by atoms with E-state index in [0.717, 1.165) is 0 Å². The minimum absolute atomic E-state index is 0.0125. The maximum atomic E-state index is 12.1. The Labute approximate surface area is 95.7 Å². The lowest BCUT2D eigenvalue weighted by Gasteiger charge is -2.12. The van der Waals surface area contributed by atoms with Crippen molar-refractivity contribution in [3.05, 3.63) is 29.8 Å². The first-order chi connectivity index (χ1) is 7.74. The molecule has 0 amide bonds. The number of ether oxygens (including phenoxy) is 1. The van der Waals surface area contributed by atoms with Crippen LogP contribution in [0.3, 0.4) is 0 Å². The van der Waals surface area contributed by atoms with Crippen LogP contribution < -0.4 is 4.74 Å². The van der Waals surface area contributed by atoms with Crippen molar-refractivity contribution in [2.24, 2.45) is 5.92 Å². The molecule has 0 heterocycles. The van der Waals surface area contributed by atoms with Gasteiger partial charge in [-0.05, 0) is 18.6 Å². The molecule has 1 aromatic carbocycles. The molecular weight excluding hydrogens is 202 g/mol. The molecule has 1 unspecified atom stereocenters. The van der Waals surface area contributed by atoms with Crippen molar-refractivity contribution < 1.29 is 9.53 Å². The van der Waals surface area contributed by atoms with Gasteiger partial charge in [-0.1, -0.05) is 19.1 Å². The van der Waals surface area contributed by atoms with Crippen LogP contribution in [0.15, 0.2) is 24.3 Å². The number of hydrogen-bond donors (Lipinski definition) is 0. The van der Waals surface area contributed by atoms with Crippen LogP contribution in [-0.4, -0.2) is 12.9 Å². The Morgan fingerprint density at radius 3 is 2.75 bits per heavy atom. The highest BCUT2D eigenvalue weighted by molar-refractivity contribution is 6.00. The normalized spacial score (nSPS) is 11.6. The van der Waals surface area contributed by atoms with E-state index in [9.17, 15) is 4.79 Å². The van der Waals surface area contributed by atoms with Crippen LogP contribution in [0, 0.1) is 17.2 Å². The zero-order valence-electron chi connectivity index (χ0n) is 9.56. The summed E-state index contributed by atoms with van der Waals surface area (Å²) in [6, 6.07) is 9.16. The van der Waals surface area contributed by atoms with Crippen molar-refractivity contribution in [1.29, 1.82) is 5.26 Å². The molecule has 0 aliphatic rings. The molecule has 0 fully saturated rings. The van der Waals surface area contributed by atoms with E-state index in [0.29, 0.717) is 17.7 Å². The van der Waals surface area contributed by atoms with Crippen molar-refractivity contribution in [3.8, 4) is 11.8 Å². The van der Waals surface area contributed by atoms with Gasteiger partial charge in [-0.25, -0.2) is 0 Å². The molecule has 0 saturated carbocycles. The molecule has 0 aromatic heterocycles. The van der Waals surface area contributed by atoms with Gasteiger partial charge in [-0.15, -0.1) is 0 Å². The second-order valence-electron chi connectivity index (χ2n) is 3.53. The van der Waals surface area contributed by atoms with Gasteiger partial charge in [-0.2, -0.15) is 5.26 Å². The van der Waals surface area contributed by atoms with Crippen molar-refractivity contribution in [3.63, 3.8) is 0 Å². The molecular formula is C13H15NO2. The summed E-state index contributed by atoms with van der Waals surface area (Å²) in [5, 5.41) is 8.66. The number of benzene rings is 1. The molecule has 0 radical (unpaired) electrons. The van der Waals surface area contributed by atoms with Gasteiger partial charge in [0, 0.05) is 12.3 Å². The van der Waals surface area contributed by atoms with E-state index in [4.69, 9.17) is 10.00 Å². The summed E-state index contributed by atoms with van der Waals surface area (Å²) in [7, 11) is 1.54. The fraction of sp³-hybridized carbons (Fsp3) is 0.385. The van der Waals surface area contributed by atoms with Gasteiger partial charge >= 0.3 is 0 Å². The van der Waals surface area contributed by atoms with Gasteiger partial charge in [0.05, 0.1) is 18.7 Å². The number of nitrogens with zero attached hydrogens (tertiary/aromatic N) is 1. The van der Waals surface area contributed by atoms with Gasteiger partial charge in [0.25, 0.3) is 0 Å². The van der Waals surface area contributed by atoms with E-state index in [-0.39, 0.29) is 18.1 Å². The van der Waals surface area contributed by atoms with Gasteiger partial charge < -0.3 is 4.74 Å². The third-order valence-electron chi connectivity index (χ3n) is 2.57. The van der Waals surface area contributed by atoms with Gasteiger partial charge in [0.15, 0.2) is 5.78 Å². The Morgan fingerprint density at radius 2 is 2.19 bits per heavy atom. The quantitative estimate of drug-likeness (QED) is 0.712. The summed E-state index contributed by atoms with van der Waals surface area (Å²) in [4.78, 5) is 12.1. The van der Waals surface area contributed by atoms with E-state index < -0.39 is 0 Å². The zero-order valence-corrected chi connectivity index (χ0v) is 9.56. The van der Waals surface area contributed by atoms with Crippen LogP contribution in [0.25, 0.3) is 0 Å². The second kappa shape index (κ2) is 5.92. The molecule has 0 bridgehead atoms. The maximum absolute atomic E-state index is 12.1. The Morgan fingerprint density at radius 1 is 1.50 bits per heavy atom. The maximum Gasteiger partial charge on any atom is 0.170 e. The Balaban J connectivity index is 2.99. The summed E-state index contributed by atoms with van der Waals surface area (Å²) in [5.41, 5.74) is 0.562. The van der Waals surface area contributed by atoms with Gasteiger partial charge in [0.1, 0.15) is 5.75 Å². The molecule has 16 heavy (non-hydrogen) atoms. The molecule has 0 aliphatic carbocycles. The van der Waals surface area contributed by atoms with Crippen LogP contribution in [0.2, 0.25) is 0 Å². The number of hydrogen-bond acceptors (Lipinski definition) is 3. The summed E-state index contributed by atoms with van der Waals surface area (Å²) in [6.45, 7) is 1.91. The third kappa shape index (κ3) is 2.60. The summed E-state index contributed by atoms with van der Waals surface area (Å²) >= 11 is 0. The lowest BCUT2D eigenvalue weighted by Crippen LogP contribution is -2.14. The number of Topliss-reactive ketones (excluding diaryl/α,β-unsaturated/α-hetero) is 1. The molecule has 0 N–H and O–H groups in total. The van der Waals surface area contributed by atoms with Crippen LogP contribution in [0.5, 0.6) is 5.75 Å². The smallest absolute Gasteiger partial charge is 0.170 e. The van der Waals surface area contributed by atoms with Gasteiger partial charge in [-0.3, -0.25) is 4.79 Å². The predicted octanol–water partition coefficient (Wildman–Crippen LogP) is 2.82. The van der Waals surface area contributed by atoms with Crippen LogP contribution in [0.1, 0.15) is 30.1 Å². The molecule has 1 atom stereocenters. The van der Waals surface area contributed by atoms with E-state index >= 15 is 0 Å². The molecule has 3 nitrogen and oxygen atoms in total. The van der Waals surface area contributed by atoms with E-state index in [1.165, 1.54) is 7.11 Å². The fourth-order valence-corrected chi connectivity index (χ4v) is 1.60. The largest absolute Gasteiger partial charge is 0.496 e. The first kappa shape index (κ1) is 12.3. The topological polar surface area (TPSA) is 50.1 Å². The molecule has 1 rings (SSSR count). The number of ketones is 1. The number of carbonyl (C=O) groups excluding carboxylic acids is 1. The van der Waals surface area contributed by atoms with E-state index in [1.54, 1.807) is 18.2 Å². The third-order valence-corrected chi connectivity index (χ3v) is 2.57. The first-order valence-electron chi connectivity index (χ1n) is 5.28. The first-order valence-corrected chi connectivity index (χ1v) is 5.28. The van der Waals surface area contributed by atoms with Crippen molar-refractivity contribution in [2.45, 2.75) is 19.8 Å². The minimum Gasteiger partial charge on any atom is -0.496 e. The predicted molar refractivity (Wildman–Crippen MR) is 61.3 cm³/mol. The molecule has 0 saturated heterocycles. The highest BCUT2D eigenvalue weighted by Crippen LogP contribution is 2.23. The number of para-hydroxylation sites is 1. The second-order valence-corrected chi connectivity index (χ2v) is 3.53. The molecule has 0 aliphatic heterocycles. The summed E-state index contributed by atoms with van der Waals surface area (Å²) in [5.74, 6) is 0.326. The standard InChI is InChI=1S/C13H15NO2/c1-3-10(8-9-14)13(15)11-6-4-5-7-12(11)16-2/h4-7,10H,3,8H2,1-2H3. The Bertz CT molecular complexity index is 407. The molecule has 0 spiro atoms. The van der Waals surface area contributed by atoms with Crippen molar-refractivity contribution in [2.75, 3.05) is 7.11 Å². The number of rotatable bonds is 5. The molecule has 3 heteroatoms. The van der Waals surface area contributed by atoms with E-state index in [1.807, 2.05) is 19.1 Å². The highest BCUT2D eigenvalue weighted by atomic mass is 16.5. The lowest BCUT2D eigenvalue weighted by molar-refractivity contribution is 0.0915. The minimum atomic E-state index is -0.235. The Hall–Kier alpha value is -1.82. The highest BCUT2D eigenvalue weighted by Gasteiger charge is 2.20. The summed E-state index contributed by atoms with van der Waals surface area (Å²) < 4.78 is 5.14. The Kier molecular flexibility index (Phi) is 4.53. The zero-order chi connectivity index (χ0) is 12.0. The number of carbonyl (C=O) groups is 1. The van der Waals surface area contributed by atoms with Crippen LogP contribution >= 0.6 is 0 Å². The monoisotopic (exact) mass is 217 g/mol. The number of nitriles is 1. The molecule has 1 aromatic rings. The molecule has 84 valence electrons. The van der Waals surface area contributed by atoms with Crippen molar-refractivity contribution in [1.82, 2.24) is 0 Å². The average Bonchev–Trinajstić information content (AvgIpc) is 2.35. The van der Waals surface area contributed by atoms with Crippen LogP contribution in [0.4, 0.5) is 0 Å². The fourth-order valence-electron chi connectivity index (χ4n) is 1.60. The summed E-state index contributed by atoms with van der Waals surface area (Å²) in [6.07, 6.45) is 0.928.